The Labute approximate surface area is 115 Å². The predicted molar refractivity (Wildman–Crippen MR) is 68.9 cm³/mol. The van der Waals surface area contributed by atoms with Crippen molar-refractivity contribution in [1.82, 2.24) is 5.32 Å². The average Bonchev–Trinajstić information content (AvgIpc) is 2.88. The molecule has 1 fully saturated rings. The number of hydrogen-bond acceptors (Lipinski definition) is 2. The second-order valence-corrected chi connectivity index (χ2v) is 5.11. The van der Waals surface area contributed by atoms with E-state index in [0.29, 0.717) is 19.5 Å². The van der Waals surface area contributed by atoms with Gasteiger partial charge in [-0.05, 0) is 31.0 Å². The summed E-state index contributed by atoms with van der Waals surface area (Å²) in [4.78, 5) is 11.6. The summed E-state index contributed by atoms with van der Waals surface area (Å²) >= 11 is 0. The van der Waals surface area contributed by atoms with Gasteiger partial charge in [0.25, 0.3) is 0 Å². The van der Waals surface area contributed by atoms with Crippen molar-refractivity contribution in [3.63, 3.8) is 0 Å². The molecule has 0 spiro atoms. The Morgan fingerprint density at radius 1 is 1.30 bits per heavy atom. The Morgan fingerprint density at radius 2 is 1.95 bits per heavy atom. The third-order valence-corrected chi connectivity index (χ3v) is 3.81. The van der Waals surface area contributed by atoms with Gasteiger partial charge in [0.05, 0.1) is 11.8 Å². The summed E-state index contributed by atoms with van der Waals surface area (Å²) in [5.41, 5.74) is 5.38. The lowest BCUT2D eigenvalue weighted by atomic mass is 9.76. The van der Waals surface area contributed by atoms with Gasteiger partial charge in [-0.25, -0.2) is 0 Å². The van der Waals surface area contributed by atoms with Crippen LogP contribution in [0.2, 0.25) is 0 Å². The monoisotopic (exact) mass is 286 g/mol. The zero-order valence-electron chi connectivity index (χ0n) is 10.9. The van der Waals surface area contributed by atoms with Gasteiger partial charge >= 0.3 is 6.18 Å². The van der Waals surface area contributed by atoms with Crippen LogP contribution in [0.4, 0.5) is 13.2 Å². The summed E-state index contributed by atoms with van der Waals surface area (Å²) in [7, 11) is 0. The zero-order valence-corrected chi connectivity index (χ0v) is 10.9. The number of alkyl halides is 3. The summed E-state index contributed by atoms with van der Waals surface area (Å²) in [6, 6.07) is 7.53. The van der Waals surface area contributed by atoms with Crippen molar-refractivity contribution in [2.45, 2.75) is 18.5 Å². The van der Waals surface area contributed by atoms with Gasteiger partial charge < -0.3 is 11.1 Å². The highest BCUT2D eigenvalue weighted by Crippen LogP contribution is 2.44. The van der Waals surface area contributed by atoms with Crippen molar-refractivity contribution in [2.75, 3.05) is 13.1 Å². The summed E-state index contributed by atoms with van der Waals surface area (Å²) in [5.74, 6) is -4.33. The minimum atomic E-state index is -4.50. The lowest BCUT2D eigenvalue weighted by Gasteiger charge is -2.31. The molecule has 1 saturated heterocycles. The highest BCUT2D eigenvalue weighted by molar-refractivity contribution is 5.78. The van der Waals surface area contributed by atoms with Gasteiger partial charge in [0.2, 0.25) is 5.91 Å². The molecule has 0 saturated carbocycles. The van der Waals surface area contributed by atoms with Crippen LogP contribution in [0.1, 0.15) is 17.9 Å². The van der Waals surface area contributed by atoms with E-state index in [9.17, 15) is 18.0 Å². The third-order valence-electron chi connectivity index (χ3n) is 3.81. The second kappa shape index (κ2) is 5.83. The van der Waals surface area contributed by atoms with Gasteiger partial charge in [-0.15, -0.1) is 0 Å². The van der Waals surface area contributed by atoms with Crippen LogP contribution >= 0.6 is 0 Å². The number of nitrogens with two attached hydrogens (primary N) is 1. The van der Waals surface area contributed by atoms with Crippen LogP contribution in [0.5, 0.6) is 0 Å². The Morgan fingerprint density at radius 3 is 2.40 bits per heavy atom. The molecule has 0 aliphatic carbocycles. The summed E-state index contributed by atoms with van der Waals surface area (Å²) in [6.07, 6.45) is -3.96. The maximum absolute atomic E-state index is 13.4. The maximum atomic E-state index is 13.4. The number of benzene rings is 1. The molecule has 20 heavy (non-hydrogen) atoms. The van der Waals surface area contributed by atoms with Gasteiger partial charge in [0.1, 0.15) is 0 Å². The summed E-state index contributed by atoms with van der Waals surface area (Å²) in [5, 5.41) is 2.99. The van der Waals surface area contributed by atoms with Crippen LogP contribution < -0.4 is 11.1 Å². The molecule has 2 rings (SSSR count). The fourth-order valence-corrected chi connectivity index (χ4v) is 2.91. The first-order valence-electron chi connectivity index (χ1n) is 6.53. The van der Waals surface area contributed by atoms with E-state index in [0.717, 1.165) is 0 Å². The van der Waals surface area contributed by atoms with E-state index < -0.39 is 23.9 Å². The Hall–Kier alpha value is -1.56. The molecule has 1 amide bonds. The molecular formula is C14H17F3N2O. The number of primary amides is 1. The van der Waals surface area contributed by atoms with E-state index in [1.165, 1.54) is 12.1 Å². The lowest BCUT2D eigenvalue weighted by Crippen LogP contribution is -2.41. The second-order valence-electron chi connectivity index (χ2n) is 5.11. The lowest BCUT2D eigenvalue weighted by molar-refractivity contribution is -0.171. The van der Waals surface area contributed by atoms with Gasteiger partial charge in [-0.1, -0.05) is 30.3 Å². The smallest absolute Gasteiger partial charge is 0.369 e. The van der Waals surface area contributed by atoms with E-state index in [2.05, 4.69) is 5.32 Å². The molecule has 110 valence electrons. The van der Waals surface area contributed by atoms with Crippen molar-refractivity contribution in [2.24, 2.45) is 17.6 Å². The number of nitrogens with one attached hydrogen (secondary N) is 1. The minimum absolute atomic E-state index is 0.0932. The van der Waals surface area contributed by atoms with Crippen molar-refractivity contribution in [3.8, 4) is 0 Å². The van der Waals surface area contributed by atoms with E-state index >= 15 is 0 Å². The van der Waals surface area contributed by atoms with Gasteiger partial charge in [-0.3, -0.25) is 4.79 Å². The molecule has 1 heterocycles. The standard InChI is InChI=1S/C14H17F3N2O/c15-14(16,17)12(9-4-2-1-3-5-9)11(13(18)20)10-6-7-19-8-10/h1-5,10-12,19H,6-8H2,(H2,18,20). The Balaban J connectivity index is 2.40. The van der Waals surface area contributed by atoms with Gasteiger partial charge in [0.15, 0.2) is 0 Å². The molecule has 0 aromatic heterocycles. The molecule has 1 aromatic carbocycles. The molecule has 0 radical (unpaired) electrons. The minimum Gasteiger partial charge on any atom is -0.369 e. The number of amides is 1. The predicted octanol–water partition coefficient (Wildman–Crippen LogP) is 2.04. The van der Waals surface area contributed by atoms with E-state index in [4.69, 9.17) is 5.73 Å². The van der Waals surface area contributed by atoms with E-state index in [-0.39, 0.29) is 11.5 Å². The van der Waals surface area contributed by atoms with Gasteiger partial charge in [-0.2, -0.15) is 13.2 Å². The third kappa shape index (κ3) is 3.12. The quantitative estimate of drug-likeness (QED) is 0.890. The summed E-state index contributed by atoms with van der Waals surface area (Å²) < 4.78 is 40.3. The van der Waals surface area contributed by atoms with Crippen LogP contribution in [0.15, 0.2) is 30.3 Å². The summed E-state index contributed by atoms with van der Waals surface area (Å²) in [6.45, 7) is 1.01. The van der Waals surface area contributed by atoms with Crippen molar-refractivity contribution in [1.29, 1.82) is 0 Å². The van der Waals surface area contributed by atoms with Crippen LogP contribution in [0, 0.1) is 11.8 Å². The number of carbonyl (C=O) groups is 1. The largest absolute Gasteiger partial charge is 0.396 e. The Bertz CT molecular complexity index is 455. The number of rotatable bonds is 4. The molecule has 1 aromatic rings. The molecule has 3 atom stereocenters. The van der Waals surface area contributed by atoms with Crippen molar-refractivity contribution >= 4 is 5.91 Å². The topological polar surface area (TPSA) is 55.1 Å². The first-order valence-corrected chi connectivity index (χ1v) is 6.53. The van der Waals surface area contributed by atoms with Crippen LogP contribution in [0.3, 0.4) is 0 Å². The molecule has 1 aliphatic heterocycles. The fourth-order valence-electron chi connectivity index (χ4n) is 2.91. The van der Waals surface area contributed by atoms with E-state index in [1.807, 2.05) is 0 Å². The maximum Gasteiger partial charge on any atom is 0.396 e. The number of halogens is 3. The van der Waals surface area contributed by atoms with Gasteiger partial charge in [0, 0.05) is 0 Å². The van der Waals surface area contributed by atoms with Crippen molar-refractivity contribution < 1.29 is 18.0 Å². The van der Waals surface area contributed by atoms with E-state index in [1.54, 1.807) is 18.2 Å². The Kier molecular flexibility index (Phi) is 4.32. The highest BCUT2D eigenvalue weighted by atomic mass is 19.4. The molecule has 3 unspecified atom stereocenters. The highest BCUT2D eigenvalue weighted by Gasteiger charge is 2.50. The van der Waals surface area contributed by atoms with Crippen LogP contribution in [0.25, 0.3) is 0 Å². The normalized spacial score (nSPS) is 22.4. The van der Waals surface area contributed by atoms with Crippen LogP contribution in [-0.2, 0) is 4.79 Å². The van der Waals surface area contributed by atoms with Crippen molar-refractivity contribution in [3.05, 3.63) is 35.9 Å². The number of hydrogen-bond donors (Lipinski definition) is 2. The first kappa shape index (κ1) is 14.8. The molecular weight excluding hydrogens is 269 g/mol. The zero-order chi connectivity index (χ0) is 14.8. The molecule has 3 nitrogen and oxygen atoms in total. The molecule has 0 bridgehead atoms. The average molecular weight is 286 g/mol. The molecule has 3 N–H and O–H groups in total. The SMILES string of the molecule is NC(=O)C(C1CCNC1)C(c1ccccc1)C(F)(F)F. The molecule has 1 aliphatic rings. The molecule has 6 heteroatoms. The van der Waals surface area contributed by atoms with Crippen LogP contribution in [-0.4, -0.2) is 25.2 Å². The first-order chi connectivity index (χ1) is 9.41. The fraction of sp³-hybridized carbons (Fsp3) is 0.500. The number of carbonyl (C=O) groups excluding carboxylic acids is 1.